The van der Waals surface area contributed by atoms with Crippen molar-refractivity contribution in [3.63, 3.8) is 0 Å². The van der Waals surface area contributed by atoms with Crippen LogP contribution in [0.1, 0.15) is 51.4 Å². The van der Waals surface area contributed by atoms with Crippen LogP contribution in [0.5, 0.6) is 0 Å². The normalized spacial score (nSPS) is 33.5. The van der Waals surface area contributed by atoms with Gasteiger partial charge in [0.05, 0.1) is 12.1 Å². The van der Waals surface area contributed by atoms with Crippen molar-refractivity contribution in [1.82, 2.24) is 0 Å². The molecule has 0 aromatic carbocycles. The molecule has 2 fully saturated rings. The largest absolute Gasteiger partial charge is 0.325 e. The average Bonchev–Trinajstić information content (AvgIpc) is 2.55. The maximum atomic E-state index is 11.2. The van der Waals surface area contributed by atoms with Crippen LogP contribution >= 0.6 is 8.46 Å². The Morgan fingerprint density at radius 1 is 0.818 bits per heavy atom. The molecule has 5 nitrogen and oxygen atoms in total. The van der Waals surface area contributed by atoms with Gasteiger partial charge in [-0.25, -0.2) is 19.6 Å². The molecule has 0 N–H and O–H groups in total. The predicted octanol–water partition coefficient (Wildman–Crippen LogP) is 3.42. The van der Waals surface area contributed by atoms with Crippen molar-refractivity contribution in [2.75, 3.05) is 6.16 Å². The fraction of sp³-hybridized carbons (Fsp3) is 0.875. The summed E-state index contributed by atoms with van der Waals surface area (Å²) in [7, 11) is -0.246. The second kappa shape index (κ2) is 9.10. The van der Waals surface area contributed by atoms with Gasteiger partial charge in [-0.15, -0.1) is 0 Å². The molecule has 0 radical (unpaired) electrons. The van der Waals surface area contributed by atoms with E-state index in [0.29, 0.717) is 17.8 Å². The second-order valence-corrected chi connectivity index (χ2v) is 7.29. The van der Waals surface area contributed by atoms with E-state index in [2.05, 4.69) is 9.98 Å². The Balaban J connectivity index is 1.91. The van der Waals surface area contributed by atoms with Crippen LogP contribution < -0.4 is 0 Å². The highest BCUT2D eigenvalue weighted by atomic mass is 31.1. The van der Waals surface area contributed by atoms with E-state index >= 15 is 0 Å². The van der Waals surface area contributed by atoms with E-state index in [1.165, 1.54) is 0 Å². The standard InChI is InChI=1S/C16H23N2O3P/c19-10-17-14-5-1-12(2-6-14)16(9-22-21)13-3-7-15(8-4-13)18-11-20/h12-16H,1-9H2/p+1. The van der Waals surface area contributed by atoms with Crippen LogP contribution in [0.4, 0.5) is 0 Å². The maximum absolute atomic E-state index is 11.2. The molecule has 2 aliphatic rings. The molecule has 1 atom stereocenters. The van der Waals surface area contributed by atoms with Gasteiger partial charge in [0.15, 0.2) is 0 Å². The van der Waals surface area contributed by atoms with Crippen molar-refractivity contribution >= 4 is 20.6 Å². The summed E-state index contributed by atoms with van der Waals surface area (Å²) in [6.45, 7) is 0. The highest BCUT2D eigenvalue weighted by Crippen LogP contribution is 2.42. The number of rotatable bonds is 6. The van der Waals surface area contributed by atoms with E-state index in [1.807, 2.05) is 0 Å². The average molecular weight is 323 g/mol. The predicted molar refractivity (Wildman–Crippen MR) is 85.1 cm³/mol. The Labute approximate surface area is 132 Å². The van der Waals surface area contributed by atoms with Crippen molar-refractivity contribution in [2.45, 2.75) is 63.5 Å². The summed E-state index contributed by atoms with van der Waals surface area (Å²) in [5, 5.41) is 0. The van der Waals surface area contributed by atoms with Gasteiger partial charge in [0.1, 0.15) is 6.16 Å². The van der Waals surface area contributed by atoms with Crippen LogP contribution in [0, 0.1) is 17.8 Å². The summed E-state index contributed by atoms with van der Waals surface area (Å²) in [6.07, 6.45) is 12.2. The molecule has 0 heterocycles. The van der Waals surface area contributed by atoms with Crippen LogP contribution in [-0.2, 0) is 14.2 Å². The number of nitrogens with zero attached hydrogens (tertiary/aromatic N) is 2. The van der Waals surface area contributed by atoms with E-state index in [0.717, 1.165) is 57.5 Å². The highest BCUT2D eigenvalue weighted by Gasteiger charge is 2.36. The molecule has 2 rings (SSSR count). The van der Waals surface area contributed by atoms with Gasteiger partial charge in [-0.05, 0) is 63.2 Å². The van der Waals surface area contributed by atoms with Gasteiger partial charge in [0, 0.05) is 5.92 Å². The van der Waals surface area contributed by atoms with Crippen LogP contribution in [0.25, 0.3) is 0 Å². The lowest BCUT2D eigenvalue weighted by atomic mass is 9.69. The van der Waals surface area contributed by atoms with Crippen LogP contribution in [-0.4, -0.2) is 30.4 Å². The van der Waals surface area contributed by atoms with Crippen LogP contribution in [0.15, 0.2) is 9.98 Å². The monoisotopic (exact) mass is 323 g/mol. The third kappa shape index (κ3) is 4.68. The molecule has 22 heavy (non-hydrogen) atoms. The topological polar surface area (TPSA) is 75.9 Å². The minimum absolute atomic E-state index is 0.141. The van der Waals surface area contributed by atoms with Gasteiger partial charge >= 0.3 is 8.46 Å². The Bertz CT molecular complexity index is 418. The number of hydrogen-bond acceptors (Lipinski definition) is 5. The summed E-state index contributed by atoms with van der Waals surface area (Å²) in [5.41, 5.74) is 0. The van der Waals surface area contributed by atoms with Gasteiger partial charge < -0.3 is 0 Å². The van der Waals surface area contributed by atoms with Gasteiger partial charge in [-0.3, -0.25) is 0 Å². The van der Waals surface area contributed by atoms with E-state index in [-0.39, 0.29) is 20.5 Å². The lowest BCUT2D eigenvalue weighted by Gasteiger charge is -2.37. The van der Waals surface area contributed by atoms with E-state index in [1.54, 1.807) is 12.2 Å². The Morgan fingerprint density at radius 2 is 1.23 bits per heavy atom. The molecule has 0 aliphatic heterocycles. The minimum atomic E-state index is -0.246. The SMILES string of the molecule is O=C=NC1CCC(C(C[PH+]=O)C2CCC(N=C=O)CC2)CC1. The molecule has 0 saturated heterocycles. The van der Waals surface area contributed by atoms with Gasteiger partial charge in [-0.1, -0.05) is 4.57 Å². The summed E-state index contributed by atoms with van der Waals surface area (Å²) < 4.78 is 11.2. The molecule has 0 amide bonds. The molecule has 2 aliphatic carbocycles. The molecule has 1 unspecified atom stereocenters. The van der Waals surface area contributed by atoms with E-state index < -0.39 is 0 Å². The zero-order valence-corrected chi connectivity index (χ0v) is 13.9. The maximum Gasteiger partial charge on any atom is 0.325 e. The van der Waals surface area contributed by atoms with E-state index in [9.17, 15) is 14.2 Å². The summed E-state index contributed by atoms with van der Waals surface area (Å²) in [5.74, 6) is 1.68. The van der Waals surface area contributed by atoms with Crippen molar-refractivity contribution in [3.8, 4) is 0 Å². The summed E-state index contributed by atoms with van der Waals surface area (Å²) >= 11 is 0. The molecule has 0 bridgehead atoms. The Hall–Kier alpha value is -1.14. The third-order valence-electron chi connectivity index (χ3n) is 5.48. The number of carbonyl (C=O) groups excluding carboxylic acids is 2. The highest BCUT2D eigenvalue weighted by molar-refractivity contribution is 7.23. The molecular formula is C16H24N2O3P+. The molecule has 6 heteroatoms. The van der Waals surface area contributed by atoms with Crippen molar-refractivity contribution < 1.29 is 14.2 Å². The molecule has 0 aromatic rings. The first-order valence-electron chi connectivity index (χ1n) is 8.27. The first-order chi connectivity index (χ1) is 10.8. The quantitative estimate of drug-likeness (QED) is 0.427. The number of hydrogen-bond donors (Lipinski definition) is 0. The Morgan fingerprint density at radius 3 is 1.55 bits per heavy atom. The molecule has 0 aromatic heterocycles. The van der Waals surface area contributed by atoms with E-state index in [4.69, 9.17) is 0 Å². The number of isocyanates is 2. The molecular weight excluding hydrogens is 299 g/mol. The molecule has 0 spiro atoms. The fourth-order valence-corrected chi connectivity index (χ4v) is 5.14. The number of aliphatic imine (C=N–C) groups is 2. The molecule has 2 saturated carbocycles. The minimum Gasteiger partial charge on any atom is -0.211 e. The van der Waals surface area contributed by atoms with Crippen molar-refractivity contribution in [1.29, 1.82) is 0 Å². The zero-order valence-electron chi connectivity index (χ0n) is 12.9. The first-order valence-corrected chi connectivity index (χ1v) is 9.39. The van der Waals surface area contributed by atoms with Gasteiger partial charge in [0.2, 0.25) is 12.2 Å². The van der Waals surface area contributed by atoms with Crippen LogP contribution in [0.3, 0.4) is 0 Å². The van der Waals surface area contributed by atoms with Crippen LogP contribution in [0.2, 0.25) is 0 Å². The Kier molecular flexibility index (Phi) is 7.12. The zero-order chi connectivity index (χ0) is 15.8. The summed E-state index contributed by atoms with van der Waals surface area (Å²) in [4.78, 5) is 28.4. The fourth-order valence-electron chi connectivity index (χ4n) is 4.28. The van der Waals surface area contributed by atoms with Crippen molar-refractivity contribution in [3.05, 3.63) is 0 Å². The first kappa shape index (κ1) is 17.2. The van der Waals surface area contributed by atoms with Gasteiger partial charge in [-0.2, -0.15) is 0 Å². The lowest BCUT2D eigenvalue weighted by molar-refractivity contribution is 0.150. The van der Waals surface area contributed by atoms with Gasteiger partial charge in [0.25, 0.3) is 0 Å². The van der Waals surface area contributed by atoms with Crippen molar-refractivity contribution in [2.24, 2.45) is 27.7 Å². The molecule has 120 valence electrons. The second-order valence-electron chi connectivity index (χ2n) is 6.59. The lowest BCUT2D eigenvalue weighted by Crippen LogP contribution is -2.32. The third-order valence-corrected chi connectivity index (χ3v) is 6.12. The smallest absolute Gasteiger partial charge is 0.211 e. The summed E-state index contributed by atoms with van der Waals surface area (Å²) in [6, 6.07) is 0.281.